The Hall–Kier alpha value is -3.22. The van der Waals surface area contributed by atoms with Crippen LogP contribution in [0.4, 0.5) is 13.9 Å². The molecule has 0 spiro atoms. The van der Waals surface area contributed by atoms with Crippen molar-refractivity contribution >= 4 is 39.9 Å². The number of fused-ring (bicyclic) bond motifs is 1. The van der Waals surface area contributed by atoms with Crippen LogP contribution in [0.3, 0.4) is 0 Å². The van der Waals surface area contributed by atoms with Gasteiger partial charge in [0.2, 0.25) is 5.91 Å². The summed E-state index contributed by atoms with van der Waals surface area (Å²) in [5, 5.41) is 3.50. The van der Waals surface area contributed by atoms with Crippen LogP contribution in [0.15, 0.2) is 24.5 Å². The molecule has 3 aromatic rings. The van der Waals surface area contributed by atoms with Gasteiger partial charge in [0.05, 0.1) is 48.6 Å². The lowest BCUT2D eigenvalue weighted by Crippen LogP contribution is -2.31. The predicted molar refractivity (Wildman–Crippen MR) is 136 cm³/mol. The molecule has 4 heterocycles. The molecule has 3 aromatic heterocycles. The van der Waals surface area contributed by atoms with Gasteiger partial charge in [-0.3, -0.25) is 19.9 Å². The van der Waals surface area contributed by atoms with Gasteiger partial charge in [-0.1, -0.05) is 22.9 Å². The van der Waals surface area contributed by atoms with E-state index in [2.05, 4.69) is 25.0 Å². The van der Waals surface area contributed by atoms with Gasteiger partial charge in [0.15, 0.2) is 5.13 Å². The highest BCUT2D eigenvalue weighted by Gasteiger charge is 2.37. The van der Waals surface area contributed by atoms with Gasteiger partial charge in [0, 0.05) is 28.9 Å². The molecule has 9 nitrogen and oxygen atoms in total. The van der Waals surface area contributed by atoms with Gasteiger partial charge in [0.25, 0.3) is 5.91 Å². The number of halogens is 3. The zero-order valence-corrected chi connectivity index (χ0v) is 22.1. The summed E-state index contributed by atoms with van der Waals surface area (Å²) < 4.78 is 35.0. The van der Waals surface area contributed by atoms with Gasteiger partial charge in [-0.2, -0.15) is 8.78 Å². The zero-order valence-electron chi connectivity index (χ0n) is 20.5. The Labute approximate surface area is 226 Å². The summed E-state index contributed by atoms with van der Waals surface area (Å²) in [7, 11) is 1.51. The van der Waals surface area contributed by atoms with Crippen LogP contribution >= 0.6 is 22.9 Å². The number of ether oxygens (including phenoxy) is 2. The van der Waals surface area contributed by atoms with Gasteiger partial charge in [-0.15, -0.1) is 0 Å². The number of methoxy groups -OCH3 is 1. The summed E-state index contributed by atoms with van der Waals surface area (Å²) in [4.78, 5) is 41.6. The average Bonchev–Trinajstić information content (AvgIpc) is 3.58. The number of anilines is 1. The van der Waals surface area contributed by atoms with E-state index in [9.17, 15) is 18.4 Å². The monoisotopic (exact) mass is 563 g/mol. The number of carbonyl (C=O) groups excluding carboxylic acids is 2. The second-order valence-corrected chi connectivity index (χ2v) is 10.6. The minimum absolute atomic E-state index is 0.0820. The molecule has 1 N–H and O–H groups in total. The summed E-state index contributed by atoms with van der Waals surface area (Å²) in [6.07, 6.45) is 3.65. The minimum atomic E-state index is -2.83. The van der Waals surface area contributed by atoms with Crippen LogP contribution in [0.25, 0.3) is 11.1 Å². The molecule has 0 bridgehead atoms. The molecular formula is C25H24ClF2N5O4S. The van der Waals surface area contributed by atoms with Crippen LogP contribution in [-0.4, -0.2) is 51.5 Å². The zero-order chi connectivity index (χ0) is 27.0. The van der Waals surface area contributed by atoms with Crippen molar-refractivity contribution in [3.8, 4) is 16.9 Å². The highest BCUT2D eigenvalue weighted by atomic mass is 35.5. The van der Waals surface area contributed by atoms with Crippen molar-refractivity contribution in [2.24, 2.45) is 5.92 Å². The molecule has 200 valence electrons. The molecule has 2 amide bonds. The van der Waals surface area contributed by atoms with Crippen molar-refractivity contribution in [2.75, 3.05) is 12.4 Å². The topological polar surface area (TPSA) is 107 Å². The molecule has 0 radical (unpaired) electrons. The van der Waals surface area contributed by atoms with E-state index in [1.54, 1.807) is 17.0 Å². The first kappa shape index (κ1) is 26.4. The SMILES string of the molecule is COc1cnc(Cl)cc1-c1cc(C)ncc1C(=O)Nc1nc2c(s1)CN(C(=O)C1CCC(OC(F)F)C1)C2. The van der Waals surface area contributed by atoms with Crippen LogP contribution in [0, 0.1) is 12.8 Å². The van der Waals surface area contributed by atoms with Crippen molar-refractivity contribution in [3.63, 3.8) is 0 Å². The number of aryl methyl sites for hydroxylation is 1. The molecule has 5 rings (SSSR count). The Morgan fingerprint density at radius 3 is 2.74 bits per heavy atom. The number of thiazole rings is 1. The normalized spacial score (nSPS) is 18.6. The molecule has 1 fully saturated rings. The van der Waals surface area contributed by atoms with Crippen LogP contribution in [0.2, 0.25) is 5.15 Å². The van der Waals surface area contributed by atoms with E-state index in [0.29, 0.717) is 71.3 Å². The van der Waals surface area contributed by atoms with Crippen molar-refractivity contribution < 1.29 is 27.8 Å². The lowest BCUT2D eigenvalue weighted by molar-refractivity contribution is -0.162. The Kier molecular flexibility index (Phi) is 7.55. The number of hydrogen-bond acceptors (Lipinski definition) is 8. The van der Waals surface area contributed by atoms with Crippen LogP contribution in [-0.2, 0) is 22.6 Å². The van der Waals surface area contributed by atoms with E-state index in [0.717, 1.165) is 4.88 Å². The standard InChI is InChI=1S/C25H24ClF2N5O4S/c1-12-5-15(16-7-21(26)30-9-19(16)36-2)17(8-29-12)22(34)32-25-31-18-10-33(11-20(18)38-25)23(35)13-3-4-14(6-13)37-24(27)28/h5,7-9,13-14,24H,3-4,6,10-11H2,1-2H3,(H,31,32,34). The van der Waals surface area contributed by atoms with Gasteiger partial charge in [0.1, 0.15) is 10.9 Å². The van der Waals surface area contributed by atoms with Crippen molar-refractivity contribution in [1.82, 2.24) is 19.9 Å². The predicted octanol–water partition coefficient (Wildman–Crippen LogP) is 5.07. The molecule has 0 aromatic carbocycles. The van der Waals surface area contributed by atoms with Gasteiger partial charge in [-0.25, -0.2) is 9.97 Å². The average molecular weight is 564 g/mol. The molecule has 2 aliphatic rings. The Morgan fingerprint density at radius 1 is 1.18 bits per heavy atom. The molecule has 2 atom stereocenters. The van der Waals surface area contributed by atoms with E-state index in [4.69, 9.17) is 16.3 Å². The molecule has 13 heteroatoms. The Balaban J connectivity index is 1.28. The minimum Gasteiger partial charge on any atom is -0.494 e. The van der Waals surface area contributed by atoms with Crippen molar-refractivity contribution in [1.29, 1.82) is 0 Å². The maximum absolute atomic E-state index is 13.3. The summed E-state index contributed by atoms with van der Waals surface area (Å²) in [6, 6.07) is 3.40. The van der Waals surface area contributed by atoms with E-state index in [1.165, 1.54) is 30.8 Å². The highest BCUT2D eigenvalue weighted by molar-refractivity contribution is 7.16. The van der Waals surface area contributed by atoms with E-state index >= 15 is 0 Å². The number of carbonyl (C=O) groups is 2. The first-order valence-electron chi connectivity index (χ1n) is 11.9. The molecule has 2 unspecified atom stereocenters. The van der Waals surface area contributed by atoms with E-state index in [1.807, 2.05) is 6.92 Å². The number of nitrogens with zero attached hydrogens (tertiary/aromatic N) is 4. The lowest BCUT2D eigenvalue weighted by atomic mass is 10.0. The molecule has 1 saturated carbocycles. The highest BCUT2D eigenvalue weighted by Crippen LogP contribution is 2.37. The van der Waals surface area contributed by atoms with Crippen LogP contribution in [0.1, 0.15) is 45.9 Å². The van der Waals surface area contributed by atoms with E-state index < -0.39 is 18.6 Å². The Bertz CT molecular complexity index is 1360. The van der Waals surface area contributed by atoms with Crippen LogP contribution in [0.5, 0.6) is 5.75 Å². The smallest absolute Gasteiger partial charge is 0.345 e. The summed E-state index contributed by atoms with van der Waals surface area (Å²) in [5.41, 5.74) is 2.92. The summed E-state index contributed by atoms with van der Waals surface area (Å²) >= 11 is 7.41. The fraction of sp³-hybridized carbons (Fsp3) is 0.400. The number of alkyl halides is 2. The molecular weight excluding hydrogens is 540 g/mol. The largest absolute Gasteiger partial charge is 0.494 e. The Morgan fingerprint density at radius 2 is 2.00 bits per heavy atom. The maximum atomic E-state index is 13.3. The molecule has 38 heavy (non-hydrogen) atoms. The fourth-order valence-corrected chi connectivity index (χ4v) is 6.00. The number of pyridine rings is 2. The summed E-state index contributed by atoms with van der Waals surface area (Å²) in [6.45, 7) is -0.345. The third kappa shape index (κ3) is 5.47. The van der Waals surface area contributed by atoms with Crippen molar-refractivity contribution in [2.45, 2.75) is 52.0 Å². The maximum Gasteiger partial charge on any atom is 0.345 e. The summed E-state index contributed by atoms with van der Waals surface area (Å²) in [5.74, 6) is -0.361. The number of nitrogens with one attached hydrogen (secondary N) is 1. The molecule has 1 aliphatic heterocycles. The number of aromatic nitrogens is 3. The number of rotatable bonds is 7. The quantitative estimate of drug-likeness (QED) is 0.400. The second-order valence-electron chi connectivity index (χ2n) is 9.14. The van der Waals surface area contributed by atoms with Gasteiger partial charge in [-0.05, 0) is 38.3 Å². The first-order valence-corrected chi connectivity index (χ1v) is 13.1. The lowest BCUT2D eigenvalue weighted by Gasteiger charge is -2.20. The van der Waals surface area contributed by atoms with Gasteiger partial charge < -0.3 is 14.4 Å². The second kappa shape index (κ2) is 10.9. The fourth-order valence-electron chi connectivity index (χ4n) is 4.86. The van der Waals surface area contributed by atoms with E-state index in [-0.39, 0.29) is 17.0 Å². The number of amides is 2. The first-order chi connectivity index (χ1) is 18.2. The third-order valence-electron chi connectivity index (χ3n) is 6.64. The van der Waals surface area contributed by atoms with Crippen molar-refractivity contribution in [3.05, 3.63) is 51.5 Å². The third-order valence-corrected chi connectivity index (χ3v) is 7.85. The molecule has 1 aliphatic carbocycles. The molecule has 0 saturated heterocycles. The van der Waals surface area contributed by atoms with Crippen LogP contribution < -0.4 is 10.1 Å². The number of hydrogen-bond donors (Lipinski definition) is 1. The van der Waals surface area contributed by atoms with Gasteiger partial charge >= 0.3 is 6.61 Å².